The molecule has 1 saturated heterocycles. The molecule has 2 heterocycles. The van der Waals surface area contributed by atoms with Crippen molar-refractivity contribution in [2.75, 3.05) is 38.6 Å². The second kappa shape index (κ2) is 7.43. The highest BCUT2D eigenvalue weighted by Gasteiger charge is 2.31. The normalized spacial score (nSPS) is 22.3. The third-order valence-electron chi connectivity index (χ3n) is 4.18. The molecule has 0 spiro atoms. The van der Waals surface area contributed by atoms with Gasteiger partial charge < -0.3 is 15.1 Å². The molecular weight excluding hydrogens is 284 g/mol. The molecular formula is C16H27ClN4. The van der Waals surface area contributed by atoms with Crippen molar-refractivity contribution in [2.24, 2.45) is 5.92 Å². The molecule has 21 heavy (non-hydrogen) atoms. The third kappa shape index (κ3) is 4.09. The molecule has 4 nitrogen and oxygen atoms in total. The maximum absolute atomic E-state index is 6.26. The summed E-state index contributed by atoms with van der Waals surface area (Å²) in [6, 6.07) is 4.60. The highest BCUT2D eigenvalue weighted by Crippen LogP contribution is 2.26. The number of hydrogen-bond acceptors (Lipinski definition) is 4. The molecule has 0 radical (unpaired) electrons. The average Bonchev–Trinajstić information content (AvgIpc) is 2.83. The number of nitrogens with one attached hydrogen (secondary N) is 1. The summed E-state index contributed by atoms with van der Waals surface area (Å²) in [7, 11) is 4.31. The molecule has 2 rings (SSSR count). The van der Waals surface area contributed by atoms with Gasteiger partial charge in [0.2, 0.25) is 0 Å². The molecule has 1 aliphatic heterocycles. The first-order chi connectivity index (χ1) is 10.0. The van der Waals surface area contributed by atoms with Crippen LogP contribution in [0.15, 0.2) is 12.1 Å². The number of hydrogen-bond donors (Lipinski definition) is 1. The molecule has 5 heteroatoms. The Balaban J connectivity index is 2.08. The van der Waals surface area contributed by atoms with Gasteiger partial charge in [0.25, 0.3) is 0 Å². The molecule has 0 saturated carbocycles. The van der Waals surface area contributed by atoms with Crippen molar-refractivity contribution < 1.29 is 0 Å². The molecule has 1 fully saturated rings. The second-order valence-corrected chi connectivity index (χ2v) is 6.60. The summed E-state index contributed by atoms with van der Waals surface area (Å²) < 4.78 is 0. The van der Waals surface area contributed by atoms with Gasteiger partial charge in [-0.15, -0.1) is 0 Å². The van der Waals surface area contributed by atoms with Gasteiger partial charge in [0, 0.05) is 25.7 Å². The van der Waals surface area contributed by atoms with Crippen LogP contribution in [0.4, 0.5) is 5.82 Å². The summed E-state index contributed by atoms with van der Waals surface area (Å²) in [5, 5.41) is 4.12. The topological polar surface area (TPSA) is 31.4 Å². The molecule has 2 atom stereocenters. The Morgan fingerprint density at radius 1 is 1.38 bits per heavy atom. The largest absolute Gasteiger partial charge is 0.355 e. The van der Waals surface area contributed by atoms with E-state index >= 15 is 0 Å². The molecule has 2 unspecified atom stereocenters. The minimum atomic E-state index is 0.587. The van der Waals surface area contributed by atoms with Gasteiger partial charge in [0.1, 0.15) is 5.82 Å². The van der Waals surface area contributed by atoms with Crippen LogP contribution in [0.25, 0.3) is 0 Å². The van der Waals surface area contributed by atoms with Crippen molar-refractivity contribution in [3.8, 4) is 0 Å². The van der Waals surface area contributed by atoms with Crippen LogP contribution in [0.3, 0.4) is 0 Å². The zero-order valence-electron chi connectivity index (χ0n) is 13.6. The van der Waals surface area contributed by atoms with E-state index in [4.69, 9.17) is 16.6 Å². The lowest BCUT2D eigenvalue weighted by molar-refractivity contribution is 0.266. The Morgan fingerprint density at radius 3 is 2.76 bits per heavy atom. The maximum atomic E-state index is 6.26. The lowest BCUT2D eigenvalue weighted by Gasteiger charge is -2.23. The van der Waals surface area contributed by atoms with E-state index in [0.29, 0.717) is 12.0 Å². The van der Waals surface area contributed by atoms with E-state index in [2.05, 4.69) is 43.1 Å². The van der Waals surface area contributed by atoms with Crippen molar-refractivity contribution in [1.82, 2.24) is 15.2 Å². The van der Waals surface area contributed by atoms with Crippen LogP contribution >= 0.6 is 11.6 Å². The number of pyridine rings is 1. The van der Waals surface area contributed by atoms with E-state index in [1.807, 2.05) is 12.1 Å². The molecule has 0 aliphatic carbocycles. The zero-order valence-corrected chi connectivity index (χ0v) is 14.3. The number of likely N-dealkylation sites (N-methyl/N-ethyl adjacent to an activating group) is 1. The van der Waals surface area contributed by atoms with Crippen LogP contribution in [0.2, 0.25) is 5.02 Å². The Bertz CT molecular complexity index is 464. The minimum absolute atomic E-state index is 0.587. The summed E-state index contributed by atoms with van der Waals surface area (Å²) in [5.74, 6) is 1.70. The van der Waals surface area contributed by atoms with Crippen LogP contribution in [0, 0.1) is 5.92 Å². The Hall–Kier alpha value is -0.840. The standard InChI is InChI=1S/C16H27ClN4/c1-5-8-18-9-14-13(17)6-7-16(19-14)21-10-12(2)15(11-21)20(3)4/h6-7,12,15,18H,5,8-11H2,1-4H3. The number of anilines is 1. The summed E-state index contributed by atoms with van der Waals surface area (Å²) in [6.07, 6.45) is 1.12. The fourth-order valence-electron chi connectivity index (χ4n) is 2.97. The highest BCUT2D eigenvalue weighted by molar-refractivity contribution is 6.31. The van der Waals surface area contributed by atoms with Crippen molar-refractivity contribution in [1.29, 1.82) is 0 Å². The molecule has 1 aromatic rings. The van der Waals surface area contributed by atoms with Crippen molar-refractivity contribution >= 4 is 17.4 Å². The van der Waals surface area contributed by atoms with E-state index in [9.17, 15) is 0 Å². The van der Waals surface area contributed by atoms with Gasteiger partial charge in [0.05, 0.1) is 10.7 Å². The summed E-state index contributed by atoms with van der Waals surface area (Å²) in [6.45, 7) is 8.28. The van der Waals surface area contributed by atoms with E-state index in [1.165, 1.54) is 0 Å². The fourth-order valence-corrected chi connectivity index (χ4v) is 3.14. The first kappa shape index (κ1) is 16.5. The van der Waals surface area contributed by atoms with E-state index < -0.39 is 0 Å². The van der Waals surface area contributed by atoms with Gasteiger partial charge in [-0.2, -0.15) is 0 Å². The predicted octanol–water partition coefficient (Wildman–Crippen LogP) is 2.62. The van der Waals surface area contributed by atoms with Gasteiger partial charge in [0.15, 0.2) is 0 Å². The van der Waals surface area contributed by atoms with E-state index in [1.54, 1.807) is 0 Å². The second-order valence-electron chi connectivity index (χ2n) is 6.19. The Morgan fingerprint density at radius 2 is 2.14 bits per heavy atom. The van der Waals surface area contributed by atoms with Gasteiger partial charge in [-0.25, -0.2) is 4.98 Å². The van der Waals surface area contributed by atoms with Gasteiger partial charge in [-0.05, 0) is 45.1 Å². The Kier molecular flexibility index (Phi) is 5.85. The van der Waals surface area contributed by atoms with E-state index in [0.717, 1.165) is 49.1 Å². The quantitative estimate of drug-likeness (QED) is 0.819. The number of rotatable bonds is 6. The number of nitrogens with zero attached hydrogens (tertiary/aromatic N) is 3. The lowest BCUT2D eigenvalue weighted by atomic mass is 10.1. The van der Waals surface area contributed by atoms with Crippen LogP contribution < -0.4 is 10.2 Å². The summed E-state index contributed by atoms with van der Waals surface area (Å²) in [5.41, 5.74) is 0.948. The van der Waals surface area contributed by atoms with Gasteiger partial charge >= 0.3 is 0 Å². The summed E-state index contributed by atoms with van der Waals surface area (Å²) in [4.78, 5) is 9.45. The first-order valence-corrected chi connectivity index (χ1v) is 8.18. The average molecular weight is 311 g/mol. The van der Waals surface area contributed by atoms with Crippen LogP contribution in [0.1, 0.15) is 26.0 Å². The predicted molar refractivity (Wildman–Crippen MR) is 90.1 cm³/mol. The minimum Gasteiger partial charge on any atom is -0.355 e. The molecule has 1 N–H and O–H groups in total. The number of aromatic nitrogens is 1. The van der Waals surface area contributed by atoms with Gasteiger partial charge in [-0.3, -0.25) is 0 Å². The van der Waals surface area contributed by atoms with Crippen LogP contribution in [-0.4, -0.2) is 49.7 Å². The molecule has 118 valence electrons. The molecule has 0 aromatic carbocycles. The molecule has 0 bridgehead atoms. The third-order valence-corrected chi connectivity index (χ3v) is 4.53. The zero-order chi connectivity index (χ0) is 15.4. The summed E-state index contributed by atoms with van der Waals surface area (Å²) >= 11 is 6.26. The van der Waals surface area contributed by atoms with Crippen molar-refractivity contribution in [3.63, 3.8) is 0 Å². The molecule has 1 aromatic heterocycles. The maximum Gasteiger partial charge on any atom is 0.129 e. The van der Waals surface area contributed by atoms with Crippen LogP contribution in [-0.2, 0) is 6.54 Å². The lowest BCUT2D eigenvalue weighted by Crippen LogP contribution is -2.34. The monoisotopic (exact) mass is 310 g/mol. The van der Waals surface area contributed by atoms with Gasteiger partial charge in [-0.1, -0.05) is 25.4 Å². The van der Waals surface area contributed by atoms with Crippen LogP contribution in [0.5, 0.6) is 0 Å². The molecule has 0 amide bonds. The smallest absolute Gasteiger partial charge is 0.129 e. The van der Waals surface area contributed by atoms with Crippen molar-refractivity contribution in [2.45, 2.75) is 32.9 Å². The van der Waals surface area contributed by atoms with Crippen molar-refractivity contribution in [3.05, 3.63) is 22.8 Å². The first-order valence-electron chi connectivity index (χ1n) is 7.80. The Labute approximate surface area is 133 Å². The fraction of sp³-hybridized carbons (Fsp3) is 0.688. The number of halogens is 1. The molecule has 1 aliphatic rings. The highest BCUT2D eigenvalue weighted by atomic mass is 35.5. The SMILES string of the molecule is CCCNCc1nc(N2CC(C)C(N(C)C)C2)ccc1Cl. The van der Waals surface area contributed by atoms with E-state index in [-0.39, 0.29) is 0 Å².